The van der Waals surface area contributed by atoms with E-state index < -0.39 is 5.60 Å². The lowest BCUT2D eigenvalue weighted by atomic mass is 9.78. The van der Waals surface area contributed by atoms with Crippen molar-refractivity contribution in [2.24, 2.45) is 11.8 Å². The minimum absolute atomic E-state index is 0.426. The molecule has 1 heterocycles. The summed E-state index contributed by atoms with van der Waals surface area (Å²) in [5.41, 5.74) is -0.426. The summed E-state index contributed by atoms with van der Waals surface area (Å²) in [6.07, 6.45) is 4.96. The first kappa shape index (κ1) is 12.7. The van der Waals surface area contributed by atoms with Gasteiger partial charge >= 0.3 is 0 Å². The molecule has 1 aliphatic heterocycles. The molecule has 0 unspecified atom stereocenters. The second kappa shape index (κ2) is 5.28. The average molecular weight is 243 g/mol. The molecule has 2 rings (SSSR count). The van der Waals surface area contributed by atoms with Gasteiger partial charge in [-0.3, -0.25) is 0 Å². The molecule has 2 nitrogen and oxygen atoms in total. The third-order valence-electron chi connectivity index (χ3n) is 4.48. The van der Waals surface area contributed by atoms with Gasteiger partial charge in [0, 0.05) is 18.3 Å². The lowest BCUT2D eigenvalue weighted by Gasteiger charge is -2.36. The SMILES string of the molecule is C[C@@H]1[C@H](C)CCC[C@@H]1NC[C@@]1(O)CCSC1. The van der Waals surface area contributed by atoms with Crippen molar-refractivity contribution >= 4 is 11.8 Å². The summed E-state index contributed by atoms with van der Waals surface area (Å²) < 4.78 is 0. The lowest BCUT2D eigenvalue weighted by Crippen LogP contribution is -2.48. The van der Waals surface area contributed by atoms with Gasteiger partial charge in [-0.1, -0.05) is 26.7 Å². The third-order valence-corrected chi connectivity index (χ3v) is 5.72. The summed E-state index contributed by atoms with van der Waals surface area (Å²) in [6.45, 7) is 5.51. The van der Waals surface area contributed by atoms with E-state index in [9.17, 15) is 5.11 Å². The van der Waals surface area contributed by atoms with Crippen LogP contribution >= 0.6 is 11.8 Å². The van der Waals surface area contributed by atoms with Crippen LogP contribution in [0.1, 0.15) is 39.5 Å². The zero-order valence-electron chi connectivity index (χ0n) is 10.5. The van der Waals surface area contributed by atoms with Crippen molar-refractivity contribution < 1.29 is 5.11 Å². The van der Waals surface area contributed by atoms with E-state index in [-0.39, 0.29) is 0 Å². The van der Waals surface area contributed by atoms with Gasteiger partial charge in [-0.05, 0) is 30.4 Å². The maximum absolute atomic E-state index is 10.3. The van der Waals surface area contributed by atoms with Crippen LogP contribution < -0.4 is 5.32 Å². The Morgan fingerprint density at radius 1 is 1.38 bits per heavy atom. The summed E-state index contributed by atoms with van der Waals surface area (Å²) >= 11 is 1.88. The number of aliphatic hydroxyl groups is 1. The topological polar surface area (TPSA) is 32.3 Å². The van der Waals surface area contributed by atoms with Crippen molar-refractivity contribution in [2.45, 2.75) is 51.2 Å². The normalized spacial score (nSPS) is 44.8. The van der Waals surface area contributed by atoms with E-state index in [0.29, 0.717) is 6.04 Å². The van der Waals surface area contributed by atoms with Gasteiger partial charge in [0.25, 0.3) is 0 Å². The Bertz CT molecular complexity index is 228. The van der Waals surface area contributed by atoms with Crippen molar-refractivity contribution in [3.63, 3.8) is 0 Å². The number of hydrogen-bond donors (Lipinski definition) is 2. The van der Waals surface area contributed by atoms with Crippen LogP contribution in [0.5, 0.6) is 0 Å². The van der Waals surface area contributed by atoms with Gasteiger partial charge in [0.15, 0.2) is 0 Å². The molecule has 0 radical (unpaired) electrons. The van der Waals surface area contributed by atoms with E-state index >= 15 is 0 Å². The zero-order valence-corrected chi connectivity index (χ0v) is 11.4. The Balaban J connectivity index is 1.80. The largest absolute Gasteiger partial charge is 0.388 e. The maximum atomic E-state index is 10.3. The summed E-state index contributed by atoms with van der Waals surface area (Å²) in [5.74, 6) is 3.62. The Morgan fingerprint density at radius 2 is 2.19 bits per heavy atom. The number of thioether (sulfide) groups is 1. The van der Waals surface area contributed by atoms with Crippen LogP contribution in [-0.4, -0.2) is 34.8 Å². The van der Waals surface area contributed by atoms with Gasteiger partial charge in [-0.15, -0.1) is 0 Å². The highest BCUT2D eigenvalue weighted by Crippen LogP contribution is 2.31. The Kier molecular flexibility index (Phi) is 4.20. The first-order valence-corrected chi connectivity index (χ1v) is 7.80. The van der Waals surface area contributed by atoms with E-state index in [4.69, 9.17) is 0 Å². The van der Waals surface area contributed by atoms with Gasteiger partial charge in [-0.2, -0.15) is 11.8 Å². The first-order valence-electron chi connectivity index (χ1n) is 6.64. The molecule has 0 spiro atoms. The van der Waals surface area contributed by atoms with Gasteiger partial charge in [0.2, 0.25) is 0 Å². The highest BCUT2D eigenvalue weighted by molar-refractivity contribution is 7.99. The number of hydrogen-bond acceptors (Lipinski definition) is 3. The molecule has 94 valence electrons. The molecule has 2 aliphatic rings. The Labute approximate surface area is 104 Å². The highest BCUT2D eigenvalue weighted by atomic mass is 32.2. The summed E-state index contributed by atoms with van der Waals surface area (Å²) in [6, 6.07) is 0.623. The molecule has 4 atom stereocenters. The lowest BCUT2D eigenvalue weighted by molar-refractivity contribution is 0.0571. The minimum atomic E-state index is -0.426. The summed E-state index contributed by atoms with van der Waals surface area (Å²) in [5, 5.41) is 13.9. The van der Waals surface area contributed by atoms with Crippen molar-refractivity contribution in [3.05, 3.63) is 0 Å². The fourth-order valence-electron chi connectivity index (χ4n) is 2.93. The molecule has 2 fully saturated rings. The molecule has 1 saturated heterocycles. The van der Waals surface area contributed by atoms with E-state index in [1.54, 1.807) is 0 Å². The molecule has 0 aromatic heterocycles. The number of nitrogens with one attached hydrogen (secondary N) is 1. The molecule has 0 aromatic carbocycles. The van der Waals surface area contributed by atoms with Crippen LogP contribution in [0, 0.1) is 11.8 Å². The van der Waals surface area contributed by atoms with Gasteiger partial charge in [-0.25, -0.2) is 0 Å². The first-order chi connectivity index (χ1) is 7.61. The van der Waals surface area contributed by atoms with E-state index in [1.165, 1.54) is 19.3 Å². The molecule has 1 aliphatic carbocycles. The van der Waals surface area contributed by atoms with E-state index in [2.05, 4.69) is 19.2 Å². The standard InChI is InChI=1S/C13H25NOS/c1-10-4-3-5-12(11(10)2)14-8-13(15)6-7-16-9-13/h10-12,14-15H,3-9H2,1-2H3/t10-,11-,12+,13+/m1/s1. The van der Waals surface area contributed by atoms with Crippen LogP contribution in [0.2, 0.25) is 0 Å². The summed E-state index contributed by atoms with van der Waals surface area (Å²) in [7, 11) is 0. The number of rotatable bonds is 3. The fraction of sp³-hybridized carbons (Fsp3) is 1.00. The average Bonchev–Trinajstić information content (AvgIpc) is 2.68. The molecule has 0 bridgehead atoms. The van der Waals surface area contributed by atoms with Crippen LogP contribution in [-0.2, 0) is 0 Å². The zero-order chi connectivity index (χ0) is 11.6. The van der Waals surface area contributed by atoms with Crippen molar-refractivity contribution in [3.8, 4) is 0 Å². The molecule has 16 heavy (non-hydrogen) atoms. The second-order valence-corrected chi connectivity index (χ2v) is 6.89. The maximum Gasteiger partial charge on any atom is 0.0869 e. The molecular weight excluding hydrogens is 218 g/mol. The van der Waals surface area contributed by atoms with Gasteiger partial charge < -0.3 is 10.4 Å². The van der Waals surface area contributed by atoms with Crippen molar-refractivity contribution in [2.75, 3.05) is 18.1 Å². The quantitative estimate of drug-likeness (QED) is 0.797. The molecule has 0 amide bonds. The Morgan fingerprint density at radius 3 is 2.88 bits per heavy atom. The van der Waals surface area contributed by atoms with Crippen LogP contribution in [0.3, 0.4) is 0 Å². The van der Waals surface area contributed by atoms with Crippen LogP contribution in [0.25, 0.3) is 0 Å². The summed E-state index contributed by atoms with van der Waals surface area (Å²) in [4.78, 5) is 0. The monoisotopic (exact) mass is 243 g/mol. The molecule has 1 saturated carbocycles. The Hall–Kier alpha value is 0.270. The molecular formula is C13H25NOS. The van der Waals surface area contributed by atoms with Crippen molar-refractivity contribution in [1.82, 2.24) is 5.32 Å². The van der Waals surface area contributed by atoms with E-state index in [0.717, 1.165) is 36.3 Å². The predicted molar refractivity (Wildman–Crippen MR) is 70.9 cm³/mol. The predicted octanol–water partition coefficient (Wildman–Crippen LogP) is 2.27. The van der Waals surface area contributed by atoms with Crippen molar-refractivity contribution in [1.29, 1.82) is 0 Å². The fourth-order valence-corrected chi connectivity index (χ4v) is 4.22. The molecule has 3 heteroatoms. The minimum Gasteiger partial charge on any atom is -0.388 e. The van der Waals surface area contributed by atoms with Crippen LogP contribution in [0.4, 0.5) is 0 Å². The second-order valence-electron chi connectivity index (χ2n) is 5.78. The van der Waals surface area contributed by atoms with E-state index in [1.807, 2.05) is 11.8 Å². The highest BCUT2D eigenvalue weighted by Gasteiger charge is 2.34. The third kappa shape index (κ3) is 2.93. The molecule has 0 aromatic rings. The van der Waals surface area contributed by atoms with Gasteiger partial charge in [0.05, 0.1) is 5.60 Å². The van der Waals surface area contributed by atoms with Crippen LogP contribution in [0.15, 0.2) is 0 Å². The smallest absolute Gasteiger partial charge is 0.0869 e. The molecule has 2 N–H and O–H groups in total. The van der Waals surface area contributed by atoms with Gasteiger partial charge in [0.1, 0.15) is 0 Å².